The molecular formula is C10H9. The zero-order valence-corrected chi connectivity index (χ0v) is 5.80. The van der Waals surface area contributed by atoms with E-state index in [-0.39, 0.29) is 0 Å². The number of hydrogen-bond donors (Lipinski definition) is 0. The summed E-state index contributed by atoms with van der Waals surface area (Å²) in [7, 11) is 0. The Kier molecular flexibility index (Phi) is 1.13. The van der Waals surface area contributed by atoms with E-state index in [9.17, 15) is 0 Å². The summed E-state index contributed by atoms with van der Waals surface area (Å²) >= 11 is 0. The summed E-state index contributed by atoms with van der Waals surface area (Å²) in [5, 5.41) is 0. The van der Waals surface area contributed by atoms with Crippen LogP contribution in [-0.2, 0) is 6.42 Å². The van der Waals surface area contributed by atoms with Gasteiger partial charge in [0.2, 0.25) is 0 Å². The van der Waals surface area contributed by atoms with Crippen molar-refractivity contribution in [1.29, 1.82) is 0 Å². The molecule has 0 atom stereocenters. The van der Waals surface area contributed by atoms with Gasteiger partial charge in [-0.05, 0) is 30.0 Å². The first-order valence-corrected chi connectivity index (χ1v) is 3.48. The maximum Gasteiger partial charge on any atom is -0.00854 e. The Morgan fingerprint density at radius 3 is 2.80 bits per heavy atom. The third-order valence-corrected chi connectivity index (χ3v) is 1.93. The highest BCUT2D eigenvalue weighted by Crippen LogP contribution is 2.25. The normalized spacial score (nSPS) is 14.7. The third kappa shape index (κ3) is 0.688. The van der Waals surface area contributed by atoms with Gasteiger partial charge in [0.1, 0.15) is 0 Å². The summed E-state index contributed by atoms with van der Waals surface area (Å²) < 4.78 is 0. The molecule has 0 fully saturated rings. The molecular weight excluding hydrogens is 120 g/mol. The van der Waals surface area contributed by atoms with Crippen molar-refractivity contribution >= 4 is 5.57 Å². The average molecular weight is 129 g/mol. The summed E-state index contributed by atoms with van der Waals surface area (Å²) in [6.45, 7) is 3.94. The van der Waals surface area contributed by atoms with E-state index in [0.29, 0.717) is 0 Å². The predicted molar refractivity (Wildman–Crippen MR) is 43.5 cm³/mol. The molecule has 0 unspecified atom stereocenters. The minimum absolute atomic E-state index is 1.06. The SMILES string of the molecule is [CH2]C1=CCc2ccccc21. The summed E-state index contributed by atoms with van der Waals surface area (Å²) in [6, 6.07) is 8.42. The van der Waals surface area contributed by atoms with E-state index >= 15 is 0 Å². The quantitative estimate of drug-likeness (QED) is 0.504. The lowest BCUT2D eigenvalue weighted by Gasteiger charge is -1.97. The number of rotatable bonds is 0. The fourth-order valence-corrected chi connectivity index (χ4v) is 1.35. The van der Waals surface area contributed by atoms with Crippen molar-refractivity contribution in [3.63, 3.8) is 0 Å². The molecule has 0 saturated heterocycles. The van der Waals surface area contributed by atoms with Gasteiger partial charge in [0.05, 0.1) is 0 Å². The molecule has 0 bridgehead atoms. The van der Waals surface area contributed by atoms with Crippen molar-refractivity contribution in [2.75, 3.05) is 0 Å². The second-order valence-electron chi connectivity index (χ2n) is 2.59. The third-order valence-electron chi connectivity index (χ3n) is 1.93. The Labute approximate surface area is 61.2 Å². The predicted octanol–water partition coefficient (Wildman–Crippen LogP) is 2.46. The van der Waals surface area contributed by atoms with Crippen LogP contribution in [0.15, 0.2) is 30.3 Å². The molecule has 1 radical (unpaired) electrons. The van der Waals surface area contributed by atoms with E-state index in [0.717, 1.165) is 6.42 Å². The highest BCUT2D eigenvalue weighted by atomic mass is 14.1. The summed E-state index contributed by atoms with van der Waals surface area (Å²) in [5.74, 6) is 0. The Balaban J connectivity index is 2.61. The molecule has 1 aliphatic rings. The van der Waals surface area contributed by atoms with Crippen molar-refractivity contribution in [2.24, 2.45) is 0 Å². The molecule has 0 aromatic heterocycles. The maximum absolute atomic E-state index is 3.94. The fourth-order valence-electron chi connectivity index (χ4n) is 1.35. The van der Waals surface area contributed by atoms with Gasteiger partial charge >= 0.3 is 0 Å². The van der Waals surface area contributed by atoms with Gasteiger partial charge in [-0.25, -0.2) is 0 Å². The Bertz CT molecular complexity index is 282. The van der Waals surface area contributed by atoms with Gasteiger partial charge in [-0.2, -0.15) is 0 Å². The molecule has 49 valence electrons. The minimum atomic E-state index is 1.06. The molecule has 10 heavy (non-hydrogen) atoms. The van der Waals surface area contributed by atoms with Gasteiger partial charge in [0.15, 0.2) is 0 Å². The second-order valence-corrected chi connectivity index (χ2v) is 2.59. The van der Waals surface area contributed by atoms with Crippen molar-refractivity contribution in [1.82, 2.24) is 0 Å². The molecule has 0 amide bonds. The molecule has 1 aliphatic carbocycles. The van der Waals surface area contributed by atoms with Crippen LogP contribution in [0, 0.1) is 6.92 Å². The fraction of sp³-hybridized carbons (Fsp3) is 0.100. The average Bonchev–Trinajstić information content (AvgIpc) is 2.34. The van der Waals surface area contributed by atoms with E-state index in [2.05, 4.69) is 37.3 Å². The number of hydrogen-bond acceptors (Lipinski definition) is 0. The highest BCUT2D eigenvalue weighted by molar-refractivity contribution is 5.75. The Morgan fingerprint density at radius 2 is 2.00 bits per heavy atom. The first-order valence-electron chi connectivity index (χ1n) is 3.48. The first-order chi connectivity index (χ1) is 4.88. The van der Waals surface area contributed by atoms with Crippen LogP contribution in [0.3, 0.4) is 0 Å². The standard InChI is InChI=1S/C10H9/c1-8-6-7-9-4-2-3-5-10(8)9/h2-6H,1,7H2. The molecule has 1 aromatic carbocycles. The lowest BCUT2D eigenvalue weighted by Crippen LogP contribution is -1.79. The van der Waals surface area contributed by atoms with Gasteiger partial charge < -0.3 is 0 Å². The summed E-state index contributed by atoms with van der Waals surface area (Å²) in [5.41, 5.74) is 3.91. The molecule has 0 heteroatoms. The monoisotopic (exact) mass is 129 g/mol. The second kappa shape index (κ2) is 1.98. The molecule has 0 aliphatic heterocycles. The zero-order chi connectivity index (χ0) is 6.97. The van der Waals surface area contributed by atoms with Crippen LogP contribution in [-0.4, -0.2) is 0 Å². The Hall–Kier alpha value is -1.04. The zero-order valence-electron chi connectivity index (χ0n) is 5.80. The molecule has 0 saturated carbocycles. The van der Waals surface area contributed by atoms with Crippen LogP contribution in [0.1, 0.15) is 11.1 Å². The minimum Gasteiger partial charge on any atom is -0.0763 e. The first kappa shape index (κ1) is 5.72. The van der Waals surface area contributed by atoms with Crippen LogP contribution >= 0.6 is 0 Å². The molecule has 2 rings (SSSR count). The molecule has 0 nitrogen and oxygen atoms in total. The van der Waals surface area contributed by atoms with Gasteiger partial charge in [0.25, 0.3) is 0 Å². The van der Waals surface area contributed by atoms with Crippen LogP contribution in [0.5, 0.6) is 0 Å². The van der Waals surface area contributed by atoms with Gasteiger partial charge in [-0.15, -0.1) is 0 Å². The number of fused-ring (bicyclic) bond motifs is 1. The lowest BCUT2D eigenvalue weighted by molar-refractivity contribution is 1.31. The van der Waals surface area contributed by atoms with Crippen molar-refractivity contribution in [3.8, 4) is 0 Å². The number of allylic oxidation sites excluding steroid dienone is 2. The van der Waals surface area contributed by atoms with Crippen LogP contribution < -0.4 is 0 Å². The van der Waals surface area contributed by atoms with Gasteiger partial charge in [-0.3, -0.25) is 0 Å². The smallest absolute Gasteiger partial charge is 0.00854 e. The highest BCUT2D eigenvalue weighted by Gasteiger charge is 2.07. The largest absolute Gasteiger partial charge is 0.0763 e. The number of benzene rings is 1. The summed E-state index contributed by atoms with van der Waals surface area (Å²) in [4.78, 5) is 0. The van der Waals surface area contributed by atoms with Crippen LogP contribution in [0.2, 0.25) is 0 Å². The topological polar surface area (TPSA) is 0 Å². The van der Waals surface area contributed by atoms with E-state index in [4.69, 9.17) is 0 Å². The van der Waals surface area contributed by atoms with E-state index < -0.39 is 0 Å². The van der Waals surface area contributed by atoms with Crippen LogP contribution in [0.4, 0.5) is 0 Å². The maximum atomic E-state index is 3.94. The Morgan fingerprint density at radius 1 is 1.20 bits per heavy atom. The lowest BCUT2D eigenvalue weighted by atomic mass is 10.1. The molecule has 1 aromatic rings. The molecule has 0 spiro atoms. The van der Waals surface area contributed by atoms with Crippen LogP contribution in [0.25, 0.3) is 5.57 Å². The summed E-state index contributed by atoms with van der Waals surface area (Å²) in [6.07, 6.45) is 3.24. The van der Waals surface area contributed by atoms with Gasteiger partial charge in [-0.1, -0.05) is 30.3 Å². The molecule has 0 N–H and O–H groups in total. The molecule has 0 heterocycles. The van der Waals surface area contributed by atoms with E-state index in [1.165, 1.54) is 16.7 Å². The van der Waals surface area contributed by atoms with E-state index in [1.54, 1.807) is 0 Å². The van der Waals surface area contributed by atoms with Gasteiger partial charge in [0, 0.05) is 0 Å². The van der Waals surface area contributed by atoms with Crippen molar-refractivity contribution < 1.29 is 0 Å². The van der Waals surface area contributed by atoms with E-state index in [1.807, 2.05) is 0 Å². The van der Waals surface area contributed by atoms with Crippen molar-refractivity contribution in [2.45, 2.75) is 6.42 Å². The van der Waals surface area contributed by atoms with Crippen molar-refractivity contribution in [3.05, 3.63) is 48.4 Å².